The maximum atomic E-state index is 6.02. The highest BCUT2D eigenvalue weighted by molar-refractivity contribution is 7.15. The van der Waals surface area contributed by atoms with Crippen LogP contribution in [0.2, 0.25) is 0 Å². The Labute approximate surface area is 89.5 Å². The number of thiazole rings is 1. The van der Waals surface area contributed by atoms with Crippen LogP contribution in [0.1, 0.15) is 62.1 Å². The summed E-state index contributed by atoms with van der Waals surface area (Å²) in [5.74, 6) is 1.31. The second-order valence-electron chi connectivity index (χ2n) is 4.09. The van der Waals surface area contributed by atoms with Gasteiger partial charge in [0.15, 0.2) is 0 Å². The maximum Gasteiger partial charge on any atom is 0.110 e. The van der Waals surface area contributed by atoms with Gasteiger partial charge in [-0.2, -0.15) is 0 Å². The SMILES string of the molecule is CCC(CC)c1nc(C2CC2)sc1N. The third-order valence-corrected chi connectivity index (χ3v) is 4.06. The lowest BCUT2D eigenvalue weighted by Gasteiger charge is -2.09. The molecule has 2 N–H and O–H groups in total. The molecule has 0 aromatic carbocycles. The van der Waals surface area contributed by atoms with Gasteiger partial charge in [0.05, 0.1) is 10.7 Å². The van der Waals surface area contributed by atoms with Crippen LogP contribution in [-0.2, 0) is 0 Å². The van der Waals surface area contributed by atoms with Crippen molar-refractivity contribution in [3.63, 3.8) is 0 Å². The van der Waals surface area contributed by atoms with Crippen molar-refractivity contribution in [2.75, 3.05) is 5.73 Å². The molecule has 1 aliphatic rings. The number of nitrogens with zero attached hydrogens (tertiary/aromatic N) is 1. The summed E-state index contributed by atoms with van der Waals surface area (Å²) >= 11 is 1.71. The summed E-state index contributed by atoms with van der Waals surface area (Å²) in [5.41, 5.74) is 7.18. The van der Waals surface area contributed by atoms with Crippen molar-refractivity contribution in [1.82, 2.24) is 4.98 Å². The second-order valence-corrected chi connectivity index (χ2v) is 5.15. The fourth-order valence-corrected chi connectivity index (χ4v) is 2.92. The van der Waals surface area contributed by atoms with Crippen LogP contribution in [0.3, 0.4) is 0 Å². The topological polar surface area (TPSA) is 38.9 Å². The van der Waals surface area contributed by atoms with E-state index in [9.17, 15) is 0 Å². The molecule has 2 rings (SSSR count). The van der Waals surface area contributed by atoms with Gasteiger partial charge in [-0.1, -0.05) is 13.8 Å². The summed E-state index contributed by atoms with van der Waals surface area (Å²) in [6, 6.07) is 0. The van der Waals surface area contributed by atoms with Crippen LogP contribution in [0.25, 0.3) is 0 Å². The third-order valence-electron chi connectivity index (χ3n) is 3.00. The van der Waals surface area contributed by atoms with Gasteiger partial charge < -0.3 is 5.73 Å². The average molecular weight is 210 g/mol. The van der Waals surface area contributed by atoms with E-state index in [1.165, 1.54) is 23.5 Å². The smallest absolute Gasteiger partial charge is 0.110 e. The van der Waals surface area contributed by atoms with Crippen molar-refractivity contribution >= 4 is 16.3 Å². The molecule has 1 aromatic heterocycles. The van der Waals surface area contributed by atoms with E-state index >= 15 is 0 Å². The van der Waals surface area contributed by atoms with Gasteiger partial charge in [0, 0.05) is 11.8 Å². The quantitative estimate of drug-likeness (QED) is 0.826. The molecule has 0 radical (unpaired) electrons. The Balaban J connectivity index is 2.22. The minimum atomic E-state index is 0.568. The lowest BCUT2D eigenvalue weighted by Crippen LogP contribution is -1.99. The first kappa shape index (κ1) is 9.97. The number of nitrogen functional groups attached to an aromatic ring is 1. The lowest BCUT2D eigenvalue weighted by atomic mass is 10.00. The van der Waals surface area contributed by atoms with Gasteiger partial charge in [0.1, 0.15) is 5.00 Å². The van der Waals surface area contributed by atoms with E-state index < -0.39 is 0 Å². The van der Waals surface area contributed by atoms with Crippen LogP contribution in [0.5, 0.6) is 0 Å². The molecular formula is C11H18N2S. The Morgan fingerprint density at radius 2 is 2.07 bits per heavy atom. The van der Waals surface area contributed by atoms with Gasteiger partial charge in [0.2, 0.25) is 0 Å². The highest BCUT2D eigenvalue weighted by Gasteiger charge is 2.28. The molecule has 3 heteroatoms. The van der Waals surface area contributed by atoms with Crippen molar-refractivity contribution in [2.45, 2.75) is 51.4 Å². The summed E-state index contributed by atoms with van der Waals surface area (Å²) in [7, 11) is 0. The van der Waals surface area contributed by atoms with Crippen LogP contribution in [0.4, 0.5) is 5.00 Å². The third kappa shape index (κ3) is 1.78. The Morgan fingerprint density at radius 3 is 2.57 bits per heavy atom. The molecule has 0 amide bonds. The molecule has 1 heterocycles. The van der Waals surface area contributed by atoms with Gasteiger partial charge in [-0.25, -0.2) is 4.98 Å². The van der Waals surface area contributed by atoms with Crippen molar-refractivity contribution in [3.8, 4) is 0 Å². The number of anilines is 1. The fourth-order valence-electron chi connectivity index (χ4n) is 1.83. The molecule has 1 aliphatic carbocycles. The normalized spacial score (nSPS) is 16.5. The Kier molecular flexibility index (Phi) is 2.77. The van der Waals surface area contributed by atoms with Crippen molar-refractivity contribution in [3.05, 3.63) is 10.7 Å². The number of hydrogen-bond acceptors (Lipinski definition) is 3. The number of rotatable bonds is 4. The zero-order valence-electron chi connectivity index (χ0n) is 8.92. The van der Waals surface area contributed by atoms with Crippen LogP contribution < -0.4 is 5.73 Å². The molecule has 78 valence electrons. The largest absolute Gasteiger partial charge is 0.389 e. The second kappa shape index (κ2) is 3.89. The summed E-state index contributed by atoms with van der Waals surface area (Å²) in [6.07, 6.45) is 4.92. The molecule has 2 nitrogen and oxygen atoms in total. The zero-order valence-corrected chi connectivity index (χ0v) is 9.73. The van der Waals surface area contributed by atoms with E-state index in [0.717, 1.165) is 23.8 Å². The van der Waals surface area contributed by atoms with Crippen molar-refractivity contribution in [1.29, 1.82) is 0 Å². The fraction of sp³-hybridized carbons (Fsp3) is 0.727. The van der Waals surface area contributed by atoms with Crippen LogP contribution in [0, 0.1) is 0 Å². The van der Waals surface area contributed by atoms with E-state index in [0.29, 0.717) is 5.92 Å². The first-order valence-electron chi connectivity index (χ1n) is 5.52. The molecule has 14 heavy (non-hydrogen) atoms. The van der Waals surface area contributed by atoms with Crippen molar-refractivity contribution in [2.24, 2.45) is 0 Å². The molecule has 0 unspecified atom stereocenters. The van der Waals surface area contributed by atoms with E-state index in [4.69, 9.17) is 10.7 Å². The summed E-state index contributed by atoms with van der Waals surface area (Å²) in [4.78, 5) is 4.71. The zero-order chi connectivity index (χ0) is 10.1. The maximum absolute atomic E-state index is 6.02. The number of nitrogens with two attached hydrogens (primary N) is 1. The first-order valence-corrected chi connectivity index (χ1v) is 6.34. The molecule has 1 fully saturated rings. The predicted octanol–water partition coefficient (Wildman–Crippen LogP) is 3.51. The van der Waals surface area contributed by atoms with E-state index in [1.807, 2.05) is 0 Å². The van der Waals surface area contributed by atoms with Gasteiger partial charge in [0.25, 0.3) is 0 Å². The molecule has 0 bridgehead atoms. The number of hydrogen-bond donors (Lipinski definition) is 1. The minimum absolute atomic E-state index is 0.568. The standard InChI is InChI=1S/C11H18N2S/c1-3-7(4-2)9-10(12)14-11(13-9)8-5-6-8/h7-8H,3-6,12H2,1-2H3. The monoisotopic (exact) mass is 210 g/mol. The molecule has 1 saturated carbocycles. The van der Waals surface area contributed by atoms with E-state index in [1.54, 1.807) is 11.3 Å². The van der Waals surface area contributed by atoms with E-state index in [2.05, 4.69) is 13.8 Å². The lowest BCUT2D eigenvalue weighted by molar-refractivity contribution is 0.627. The van der Waals surface area contributed by atoms with Crippen molar-refractivity contribution < 1.29 is 0 Å². The molecule has 1 aromatic rings. The van der Waals surface area contributed by atoms with Crippen LogP contribution in [-0.4, -0.2) is 4.98 Å². The summed E-state index contributed by atoms with van der Waals surface area (Å²) < 4.78 is 0. The summed E-state index contributed by atoms with van der Waals surface area (Å²) in [6.45, 7) is 4.42. The first-order chi connectivity index (χ1) is 6.76. The van der Waals surface area contributed by atoms with Gasteiger partial charge in [-0.05, 0) is 25.7 Å². The predicted molar refractivity (Wildman–Crippen MR) is 61.8 cm³/mol. The summed E-state index contributed by atoms with van der Waals surface area (Å²) in [5, 5.41) is 2.24. The molecule has 0 spiro atoms. The molecule has 0 saturated heterocycles. The highest BCUT2D eigenvalue weighted by atomic mass is 32.1. The number of aromatic nitrogens is 1. The van der Waals surface area contributed by atoms with Crippen LogP contribution >= 0.6 is 11.3 Å². The highest BCUT2D eigenvalue weighted by Crippen LogP contribution is 2.44. The minimum Gasteiger partial charge on any atom is -0.389 e. The van der Waals surface area contributed by atoms with Gasteiger partial charge in [-0.15, -0.1) is 11.3 Å². The Hall–Kier alpha value is -0.570. The van der Waals surface area contributed by atoms with Crippen LogP contribution in [0.15, 0.2) is 0 Å². The molecular weight excluding hydrogens is 192 g/mol. The Morgan fingerprint density at radius 1 is 1.43 bits per heavy atom. The molecule has 0 atom stereocenters. The average Bonchev–Trinajstić information content (AvgIpc) is 2.95. The Bertz CT molecular complexity index is 311. The molecule has 0 aliphatic heterocycles. The van der Waals surface area contributed by atoms with E-state index in [-0.39, 0.29) is 0 Å². The van der Waals surface area contributed by atoms with Gasteiger partial charge >= 0.3 is 0 Å². The van der Waals surface area contributed by atoms with Gasteiger partial charge in [-0.3, -0.25) is 0 Å².